The molecule has 0 saturated carbocycles. The van der Waals surface area contributed by atoms with E-state index >= 15 is 0 Å². The monoisotopic (exact) mass is 282 g/mol. The second-order valence-corrected chi connectivity index (χ2v) is 6.95. The van der Waals surface area contributed by atoms with Gasteiger partial charge in [0.25, 0.3) is 0 Å². The van der Waals surface area contributed by atoms with Gasteiger partial charge in [0, 0.05) is 44.7 Å². The van der Waals surface area contributed by atoms with Crippen molar-refractivity contribution >= 4 is 29.6 Å². The smallest absolute Gasteiger partial charge is 0.232 e. The standard InChI is InChI=1S/C12H22N6S/c1-8-6-18(7-9(2)19-8)12-15-10(13-3)14-11(16-12)17(4)5/h8-9H,6-7H2,1-5H3,(H,13,14,15,16). The zero-order chi connectivity index (χ0) is 14.0. The first kappa shape index (κ1) is 14.2. The number of anilines is 3. The Balaban J connectivity index is 2.30. The van der Waals surface area contributed by atoms with E-state index in [1.54, 1.807) is 0 Å². The Hall–Kier alpha value is -1.24. The molecule has 1 aliphatic heterocycles. The van der Waals surface area contributed by atoms with Crippen molar-refractivity contribution < 1.29 is 0 Å². The quantitative estimate of drug-likeness (QED) is 0.897. The van der Waals surface area contributed by atoms with E-state index in [0.29, 0.717) is 22.4 Å². The Bertz CT molecular complexity index is 428. The van der Waals surface area contributed by atoms with Gasteiger partial charge in [0.15, 0.2) is 0 Å². The van der Waals surface area contributed by atoms with Crippen molar-refractivity contribution in [3.63, 3.8) is 0 Å². The SMILES string of the molecule is CNc1nc(N(C)C)nc(N2CC(C)SC(C)C2)n1. The van der Waals surface area contributed by atoms with Crippen molar-refractivity contribution in [2.45, 2.75) is 24.3 Å². The van der Waals surface area contributed by atoms with Crippen LogP contribution < -0.4 is 15.1 Å². The van der Waals surface area contributed by atoms with E-state index < -0.39 is 0 Å². The minimum atomic E-state index is 0.598. The molecule has 1 aromatic rings. The molecule has 0 amide bonds. The Kier molecular flexibility index (Phi) is 4.34. The van der Waals surface area contributed by atoms with Gasteiger partial charge in [-0.1, -0.05) is 13.8 Å². The van der Waals surface area contributed by atoms with Crippen molar-refractivity contribution in [2.24, 2.45) is 0 Å². The lowest BCUT2D eigenvalue weighted by Crippen LogP contribution is -2.41. The van der Waals surface area contributed by atoms with Crippen LogP contribution in [0.2, 0.25) is 0 Å². The zero-order valence-corrected chi connectivity index (χ0v) is 13.0. The lowest BCUT2D eigenvalue weighted by atomic mass is 10.3. The predicted molar refractivity (Wildman–Crippen MR) is 82.4 cm³/mol. The van der Waals surface area contributed by atoms with Gasteiger partial charge in [0.2, 0.25) is 17.8 Å². The third-order valence-electron chi connectivity index (χ3n) is 2.94. The van der Waals surface area contributed by atoms with Gasteiger partial charge in [-0.2, -0.15) is 26.7 Å². The van der Waals surface area contributed by atoms with Crippen molar-refractivity contribution in [2.75, 3.05) is 49.3 Å². The second kappa shape index (κ2) is 5.81. The highest BCUT2D eigenvalue weighted by Crippen LogP contribution is 2.27. The van der Waals surface area contributed by atoms with Gasteiger partial charge in [-0.15, -0.1) is 0 Å². The van der Waals surface area contributed by atoms with Crippen molar-refractivity contribution in [1.29, 1.82) is 0 Å². The molecule has 1 saturated heterocycles. The molecule has 2 unspecified atom stereocenters. The summed E-state index contributed by atoms with van der Waals surface area (Å²) in [6.45, 7) is 6.46. The third-order valence-corrected chi connectivity index (χ3v) is 4.17. The van der Waals surface area contributed by atoms with Crippen molar-refractivity contribution in [3.05, 3.63) is 0 Å². The second-order valence-electron chi connectivity index (χ2n) is 5.07. The molecule has 0 aromatic carbocycles. The van der Waals surface area contributed by atoms with Crippen LogP contribution in [0.1, 0.15) is 13.8 Å². The molecular formula is C12H22N6S. The minimum absolute atomic E-state index is 0.598. The normalized spacial score (nSPS) is 23.3. The van der Waals surface area contributed by atoms with Crippen LogP contribution >= 0.6 is 11.8 Å². The molecule has 1 aromatic heterocycles. The summed E-state index contributed by atoms with van der Waals surface area (Å²) in [6.07, 6.45) is 0. The Morgan fingerprint density at radius 1 is 1.16 bits per heavy atom. The molecule has 0 radical (unpaired) electrons. The van der Waals surface area contributed by atoms with E-state index in [4.69, 9.17) is 0 Å². The average Bonchev–Trinajstić information content (AvgIpc) is 2.37. The summed E-state index contributed by atoms with van der Waals surface area (Å²) >= 11 is 2.02. The molecule has 1 fully saturated rings. The summed E-state index contributed by atoms with van der Waals surface area (Å²) in [5.41, 5.74) is 0. The van der Waals surface area contributed by atoms with E-state index in [9.17, 15) is 0 Å². The van der Waals surface area contributed by atoms with Crippen LogP contribution in [-0.2, 0) is 0 Å². The van der Waals surface area contributed by atoms with E-state index in [1.165, 1.54) is 0 Å². The van der Waals surface area contributed by atoms with Gasteiger partial charge in [0.05, 0.1) is 0 Å². The molecule has 106 valence electrons. The van der Waals surface area contributed by atoms with Crippen LogP contribution in [0, 0.1) is 0 Å². The van der Waals surface area contributed by atoms with Gasteiger partial charge in [-0.25, -0.2) is 0 Å². The highest BCUT2D eigenvalue weighted by atomic mass is 32.2. The fourth-order valence-electron chi connectivity index (χ4n) is 2.15. The topological polar surface area (TPSA) is 57.2 Å². The Morgan fingerprint density at radius 2 is 1.79 bits per heavy atom. The van der Waals surface area contributed by atoms with Crippen LogP contribution in [0.3, 0.4) is 0 Å². The number of aromatic nitrogens is 3. The van der Waals surface area contributed by atoms with Crippen LogP contribution in [0.25, 0.3) is 0 Å². The van der Waals surface area contributed by atoms with E-state index in [0.717, 1.165) is 19.0 Å². The predicted octanol–water partition coefficient (Wildman–Crippen LogP) is 1.31. The highest BCUT2D eigenvalue weighted by molar-refractivity contribution is 8.00. The molecule has 2 atom stereocenters. The fraction of sp³-hybridized carbons (Fsp3) is 0.750. The molecular weight excluding hydrogens is 260 g/mol. The zero-order valence-electron chi connectivity index (χ0n) is 12.2. The first-order valence-corrected chi connectivity index (χ1v) is 7.45. The van der Waals surface area contributed by atoms with E-state index in [-0.39, 0.29) is 0 Å². The summed E-state index contributed by atoms with van der Waals surface area (Å²) < 4.78 is 0. The fourth-order valence-corrected chi connectivity index (χ4v) is 3.47. The number of thioether (sulfide) groups is 1. The Labute approximate surface area is 119 Å². The van der Waals surface area contributed by atoms with Crippen molar-refractivity contribution in [3.8, 4) is 0 Å². The third kappa shape index (κ3) is 3.40. The number of nitrogens with zero attached hydrogens (tertiary/aromatic N) is 5. The lowest BCUT2D eigenvalue weighted by molar-refractivity contribution is 0.703. The lowest BCUT2D eigenvalue weighted by Gasteiger charge is -2.34. The maximum Gasteiger partial charge on any atom is 0.232 e. The van der Waals surface area contributed by atoms with Crippen molar-refractivity contribution in [1.82, 2.24) is 15.0 Å². The largest absolute Gasteiger partial charge is 0.357 e. The van der Waals surface area contributed by atoms with Crippen LogP contribution in [0.5, 0.6) is 0 Å². The van der Waals surface area contributed by atoms with E-state index in [2.05, 4.69) is 39.0 Å². The van der Waals surface area contributed by atoms with Gasteiger partial charge >= 0.3 is 0 Å². The molecule has 1 N–H and O–H groups in total. The molecule has 0 spiro atoms. The van der Waals surface area contributed by atoms with Gasteiger partial charge in [-0.3, -0.25) is 0 Å². The summed E-state index contributed by atoms with van der Waals surface area (Å²) in [5, 5.41) is 4.20. The number of hydrogen-bond donors (Lipinski definition) is 1. The molecule has 2 rings (SSSR count). The molecule has 2 heterocycles. The maximum absolute atomic E-state index is 4.55. The van der Waals surface area contributed by atoms with E-state index in [1.807, 2.05) is 37.8 Å². The molecule has 7 heteroatoms. The highest BCUT2D eigenvalue weighted by Gasteiger charge is 2.25. The number of nitrogens with one attached hydrogen (secondary N) is 1. The van der Waals surface area contributed by atoms with Gasteiger partial charge in [0.1, 0.15) is 0 Å². The molecule has 0 aliphatic carbocycles. The number of hydrogen-bond acceptors (Lipinski definition) is 7. The molecule has 19 heavy (non-hydrogen) atoms. The van der Waals surface area contributed by atoms with Gasteiger partial charge < -0.3 is 15.1 Å². The molecule has 6 nitrogen and oxygen atoms in total. The first-order chi connectivity index (χ1) is 8.99. The molecule has 0 bridgehead atoms. The van der Waals surface area contributed by atoms with Crippen LogP contribution in [0.15, 0.2) is 0 Å². The number of rotatable bonds is 3. The maximum atomic E-state index is 4.55. The summed E-state index contributed by atoms with van der Waals surface area (Å²) in [4.78, 5) is 17.5. The molecule has 1 aliphatic rings. The average molecular weight is 282 g/mol. The minimum Gasteiger partial charge on any atom is -0.357 e. The van der Waals surface area contributed by atoms with Crippen LogP contribution in [-0.4, -0.2) is 59.7 Å². The summed E-state index contributed by atoms with van der Waals surface area (Å²) in [7, 11) is 5.71. The summed E-state index contributed by atoms with van der Waals surface area (Å²) in [6, 6.07) is 0. The first-order valence-electron chi connectivity index (χ1n) is 6.51. The van der Waals surface area contributed by atoms with Crippen LogP contribution in [0.4, 0.5) is 17.8 Å². The Morgan fingerprint density at radius 3 is 2.32 bits per heavy atom. The summed E-state index contributed by atoms with van der Waals surface area (Å²) in [5.74, 6) is 2.07. The van der Waals surface area contributed by atoms with Gasteiger partial charge in [-0.05, 0) is 0 Å².